The summed E-state index contributed by atoms with van der Waals surface area (Å²) >= 11 is 1.51. The van der Waals surface area contributed by atoms with Crippen LogP contribution in [0, 0.1) is 11.8 Å². The Balaban J connectivity index is 1.99. The summed E-state index contributed by atoms with van der Waals surface area (Å²) in [5.41, 5.74) is 0. The Labute approximate surface area is 92.0 Å². The third-order valence-corrected chi connectivity index (χ3v) is 3.82. The van der Waals surface area contributed by atoms with Gasteiger partial charge in [-0.05, 0) is 24.5 Å². The molecule has 0 heterocycles. The average Bonchev–Trinajstić information content (AvgIpc) is 2.92. The highest BCUT2D eigenvalue weighted by Crippen LogP contribution is 2.45. The van der Waals surface area contributed by atoms with Crippen LogP contribution in [0.4, 0.5) is 0 Å². The highest BCUT2D eigenvalue weighted by molar-refractivity contribution is 8.13. The van der Waals surface area contributed by atoms with E-state index in [1.165, 1.54) is 50.3 Å². The maximum absolute atomic E-state index is 11.5. The van der Waals surface area contributed by atoms with Gasteiger partial charge in [0.1, 0.15) is 0 Å². The highest BCUT2D eigenvalue weighted by atomic mass is 32.2. The van der Waals surface area contributed by atoms with Gasteiger partial charge in [0.15, 0.2) is 5.12 Å². The lowest BCUT2D eigenvalue weighted by Gasteiger charge is -1.99. The molecule has 0 spiro atoms. The molecule has 0 aromatic rings. The van der Waals surface area contributed by atoms with E-state index in [1.54, 1.807) is 0 Å². The Morgan fingerprint density at radius 3 is 2.71 bits per heavy atom. The second-order valence-electron chi connectivity index (χ2n) is 4.20. The summed E-state index contributed by atoms with van der Waals surface area (Å²) < 4.78 is 0. The molecule has 1 aliphatic rings. The van der Waals surface area contributed by atoms with E-state index in [0.29, 0.717) is 11.0 Å². The predicted octanol–water partition coefficient (Wildman–Crippen LogP) is 3.87. The van der Waals surface area contributed by atoms with Crippen molar-refractivity contribution in [1.29, 1.82) is 0 Å². The van der Waals surface area contributed by atoms with Gasteiger partial charge in [0, 0.05) is 5.92 Å². The second kappa shape index (κ2) is 6.49. The van der Waals surface area contributed by atoms with Crippen LogP contribution in [-0.4, -0.2) is 10.9 Å². The van der Waals surface area contributed by atoms with Crippen LogP contribution in [0.5, 0.6) is 0 Å². The fourth-order valence-electron chi connectivity index (χ4n) is 1.94. The molecule has 82 valence electrons. The van der Waals surface area contributed by atoms with E-state index in [4.69, 9.17) is 0 Å². The van der Waals surface area contributed by atoms with Gasteiger partial charge in [-0.15, -0.1) is 0 Å². The molecule has 0 aromatic heterocycles. The van der Waals surface area contributed by atoms with E-state index in [2.05, 4.69) is 13.8 Å². The quantitative estimate of drug-likeness (QED) is 0.598. The Morgan fingerprint density at radius 2 is 2.07 bits per heavy atom. The topological polar surface area (TPSA) is 17.1 Å². The van der Waals surface area contributed by atoms with E-state index in [0.717, 1.165) is 11.7 Å². The smallest absolute Gasteiger partial charge is 0.192 e. The van der Waals surface area contributed by atoms with Gasteiger partial charge >= 0.3 is 0 Å². The molecule has 0 aliphatic heterocycles. The number of unbranched alkanes of at least 4 members (excludes halogenated alkanes) is 3. The van der Waals surface area contributed by atoms with Crippen molar-refractivity contribution in [2.75, 3.05) is 5.75 Å². The van der Waals surface area contributed by atoms with Crippen molar-refractivity contribution in [1.82, 2.24) is 0 Å². The van der Waals surface area contributed by atoms with Gasteiger partial charge in [0.2, 0.25) is 0 Å². The molecule has 2 heteroatoms. The zero-order valence-corrected chi connectivity index (χ0v) is 10.2. The van der Waals surface area contributed by atoms with E-state index >= 15 is 0 Å². The van der Waals surface area contributed by atoms with Crippen molar-refractivity contribution in [3.05, 3.63) is 0 Å². The molecule has 1 saturated carbocycles. The van der Waals surface area contributed by atoms with Crippen LogP contribution in [0.15, 0.2) is 0 Å². The van der Waals surface area contributed by atoms with Gasteiger partial charge in [-0.3, -0.25) is 4.79 Å². The molecule has 0 amide bonds. The first-order valence-corrected chi connectivity index (χ1v) is 6.94. The fourth-order valence-corrected chi connectivity index (χ4v) is 2.73. The standard InChI is InChI=1S/C12H22OS/c1-3-5-6-7-8-10-9-11(10)12(13)14-4-2/h10-11H,3-9H2,1-2H3/t10-,11-/m1/s1. The average molecular weight is 214 g/mol. The van der Waals surface area contributed by atoms with E-state index in [9.17, 15) is 4.79 Å². The molecule has 1 fully saturated rings. The number of carbonyl (C=O) groups excluding carboxylic acids is 1. The van der Waals surface area contributed by atoms with Crippen LogP contribution in [0.25, 0.3) is 0 Å². The number of hydrogen-bond donors (Lipinski definition) is 0. The number of hydrogen-bond acceptors (Lipinski definition) is 2. The molecule has 14 heavy (non-hydrogen) atoms. The zero-order chi connectivity index (χ0) is 10.4. The van der Waals surface area contributed by atoms with Crippen molar-refractivity contribution in [2.45, 2.75) is 52.4 Å². The van der Waals surface area contributed by atoms with E-state index in [1.807, 2.05) is 0 Å². The summed E-state index contributed by atoms with van der Waals surface area (Å²) in [5.74, 6) is 2.12. The summed E-state index contributed by atoms with van der Waals surface area (Å²) in [6.07, 6.45) is 7.82. The minimum absolute atomic E-state index is 0.432. The maximum atomic E-state index is 11.5. The third kappa shape index (κ3) is 4.04. The van der Waals surface area contributed by atoms with Crippen molar-refractivity contribution in [3.63, 3.8) is 0 Å². The first kappa shape index (κ1) is 12.1. The van der Waals surface area contributed by atoms with Crippen LogP contribution in [0.3, 0.4) is 0 Å². The largest absolute Gasteiger partial charge is 0.287 e. The summed E-state index contributed by atoms with van der Waals surface area (Å²) in [4.78, 5) is 11.5. The van der Waals surface area contributed by atoms with Crippen LogP contribution >= 0.6 is 11.8 Å². The van der Waals surface area contributed by atoms with Crippen LogP contribution < -0.4 is 0 Å². The Hall–Kier alpha value is 0.0200. The number of carbonyl (C=O) groups is 1. The number of thioether (sulfide) groups is 1. The van der Waals surface area contributed by atoms with E-state index in [-0.39, 0.29) is 0 Å². The molecule has 0 saturated heterocycles. The summed E-state index contributed by atoms with van der Waals surface area (Å²) in [6, 6.07) is 0. The molecule has 0 unspecified atom stereocenters. The summed E-state index contributed by atoms with van der Waals surface area (Å²) in [5, 5.41) is 0.452. The normalized spacial score (nSPS) is 25.0. The molecular formula is C12H22OS. The van der Waals surface area contributed by atoms with Crippen molar-refractivity contribution >= 4 is 16.9 Å². The van der Waals surface area contributed by atoms with Crippen LogP contribution in [-0.2, 0) is 4.79 Å². The molecule has 0 radical (unpaired) electrons. The predicted molar refractivity (Wildman–Crippen MR) is 63.5 cm³/mol. The highest BCUT2D eigenvalue weighted by Gasteiger charge is 2.41. The van der Waals surface area contributed by atoms with Gasteiger partial charge in [-0.2, -0.15) is 0 Å². The minimum atomic E-state index is 0.432. The zero-order valence-electron chi connectivity index (χ0n) is 9.42. The second-order valence-corrected chi connectivity index (χ2v) is 5.47. The van der Waals surface area contributed by atoms with Gasteiger partial charge < -0.3 is 0 Å². The fraction of sp³-hybridized carbons (Fsp3) is 0.917. The monoisotopic (exact) mass is 214 g/mol. The van der Waals surface area contributed by atoms with Gasteiger partial charge in [-0.25, -0.2) is 0 Å². The lowest BCUT2D eigenvalue weighted by molar-refractivity contribution is -0.112. The molecular weight excluding hydrogens is 192 g/mol. The Kier molecular flexibility index (Phi) is 5.61. The number of rotatable bonds is 7. The molecule has 1 rings (SSSR count). The lowest BCUT2D eigenvalue weighted by Crippen LogP contribution is -1.97. The van der Waals surface area contributed by atoms with Crippen molar-refractivity contribution in [2.24, 2.45) is 11.8 Å². The minimum Gasteiger partial charge on any atom is -0.287 e. The van der Waals surface area contributed by atoms with Crippen LogP contribution in [0.2, 0.25) is 0 Å². The van der Waals surface area contributed by atoms with E-state index < -0.39 is 0 Å². The molecule has 0 aromatic carbocycles. The summed E-state index contributed by atoms with van der Waals surface area (Å²) in [6.45, 7) is 4.29. The maximum Gasteiger partial charge on any atom is 0.192 e. The molecule has 1 aliphatic carbocycles. The Morgan fingerprint density at radius 1 is 1.29 bits per heavy atom. The lowest BCUT2D eigenvalue weighted by atomic mass is 10.1. The molecule has 1 nitrogen and oxygen atoms in total. The molecule has 0 N–H and O–H groups in total. The summed E-state index contributed by atoms with van der Waals surface area (Å²) in [7, 11) is 0. The van der Waals surface area contributed by atoms with Crippen molar-refractivity contribution in [3.8, 4) is 0 Å². The van der Waals surface area contributed by atoms with Gasteiger partial charge in [-0.1, -0.05) is 51.3 Å². The first-order chi connectivity index (χ1) is 6.79. The molecule has 0 bridgehead atoms. The van der Waals surface area contributed by atoms with Gasteiger partial charge in [0.05, 0.1) is 0 Å². The third-order valence-electron chi connectivity index (χ3n) is 2.94. The Bertz CT molecular complexity index is 179. The first-order valence-electron chi connectivity index (χ1n) is 5.96. The van der Waals surface area contributed by atoms with Crippen LogP contribution in [0.1, 0.15) is 52.4 Å². The SMILES string of the molecule is CCCCCC[C@@H]1C[C@H]1C(=O)SCC. The van der Waals surface area contributed by atoms with Gasteiger partial charge in [0.25, 0.3) is 0 Å². The molecule has 2 atom stereocenters. The van der Waals surface area contributed by atoms with Crippen molar-refractivity contribution < 1.29 is 4.79 Å².